The third-order valence-electron chi connectivity index (χ3n) is 2.73. The lowest BCUT2D eigenvalue weighted by atomic mass is 10.0. The molecule has 1 heterocycles. The second kappa shape index (κ2) is 6.02. The van der Waals surface area contributed by atoms with Crippen LogP contribution in [0.4, 0.5) is 0 Å². The summed E-state index contributed by atoms with van der Waals surface area (Å²) in [5, 5.41) is 17.9. The Balaban J connectivity index is 2.90. The maximum absolute atomic E-state index is 10.5. The number of nitrogens with zero attached hydrogens (tertiary/aromatic N) is 2. The molecule has 2 N–H and O–H groups in total. The van der Waals surface area contributed by atoms with Crippen molar-refractivity contribution in [2.45, 2.75) is 39.3 Å². The zero-order valence-corrected chi connectivity index (χ0v) is 11.2. The summed E-state index contributed by atoms with van der Waals surface area (Å²) in [4.78, 5) is 0. The van der Waals surface area contributed by atoms with Crippen LogP contribution in [0, 0.1) is 0 Å². The van der Waals surface area contributed by atoms with Crippen LogP contribution in [0.3, 0.4) is 0 Å². The van der Waals surface area contributed by atoms with Gasteiger partial charge in [0.2, 0.25) is 0 Å². The molecule has 0 aromatic carbocycles. The van der Waals surface area contributed by atoms with Crippen molar-refractivity contribution in [1.82, 2.24) is 15.1 Å². The fourth-order valence-electron chi connectivity index (χ4n) is 1.89. The van der Waals surface area contributed by atoms with Crippen molar-refractivity contribution < 1.29 is 9.84 Å². The van der Waals surface area contributed by atoms with Crippen LogP contribution < -0.4 is 10.1 Å². The highest BCUT2D eigenvalue weighted by Gasteiger charge is 2.30. The normalized spacial score (nSPS) is 14.6. The summed E-state index contributed by atoms with van der Waals surface area (Å²) < 4.78 is 7.02. The van der Waals surface area contributed by atoms with Gasteiger partial charge in [0.15, 0.2) is 5.75 Å². The number of hydrogen-bond acceptors (Lipinski definition) is 4. The van der Waals surface area contributed by atoms with Gasteiger partial charge in [0.1, 0.15) is 11.3 Å². The molecule has 0 aliphatic rings. The Morgan fingerprint density at radius 3 is 2.76 bits per heavy atom. The van der Waals surface area contributed by atoms with E-state index < -0.39 is 5.60 Å². The van der Waals surface area contributed by atoms with E-state index >= 15 is 0 Å². The molecule has 0 radical (unpaired) electrons. The Morgan fingerprint density at radius 1 is 1.53 bits per heavy atom. The van der Waals surface area contributed by atoms with Crippen LogP contribution in [0.2, 0.25) is 0 Å². The SMILES string of the molecule is CCCNCC(C)(O)c1c(OC)cnn1CC. The lowest BCUT2D eigenvalue weighted by Gasteiger charge is -2.25. The van der Waals surface area contributed by atoms with Crippen LogP contribution in [0.15, 0.2) is 6.20 Å². The molecule has 17 heavy (non-hydrogen) atoms. The van der Waals surface area contributed by atoms with Crippen molar-refractivity contribution in [3.05, 3.63) is 11.9 Å². The monoisotopic (exact) mass is 241 g/mol. The Bertz CT molecular complexity index is 326. The smallest absolute Gasteiger partial charge is 0.162 e. The van der Waals surface area contributed by atoms with E-state index in [2.05, 4.69) is 17.3 Å². The summed E-state index contributed by atoms with van der Waals surface area (Å²) in [6.45, 7) is 7.95. The molecule has 0 aliphatic heterocycles. The number of aryl methyl sites for hydroxylation is 1. The van der Waals surface area contributed by atoms with E-state index in [4.69, 9.17) is 4.74 Å². The molecule has 1 atom stereocenters. The van der Waals surface area contributed by atoms with Gasteiger partial charge in [0.25, 0.3) is 0 Å². The molecule has 0 saturated heterocycles. The molecule has 98 valence electrons. The number of hydrogen-bond donors (Lipinski definition) is 2. The molecule has 1 unspecified atom stereocenters. The molecule has 0 amide bonds. The van der Waals surface area contributed by atoms with Gasteiger partial charge in [-0.15, -0.1) is 0 Å². The van der Waals surface area contributed by atoms with Crippen LogP contribution >= 0.6 is 0 Å². The van der Waals surface area contributed by atoms with Crippen molar-refractivity contribution in [2.75, 3.05) is 20.2 Å². The highest BCUT2D eigenvalue weighted by molar-refractivity contribution is 5.30. The van der Waals surface area contributed by atoms with Gasteiger partial charge in [-0.3, -0.25) is 4.68 Å². The number of rotatable bonds is 7. The van der Waals surface area contributed by atoms with E-state index in [1.54, 1.807) is 24.9 Å². The molecule has 0 fully saturated rings. The predicted octanol–water partition coefficient (Wildman–Crippen LogP) is 1.12. The van der Waals surface area contributed by atoms with Gasteiger partial charge in [-0.2, -0.15) is 5.10 Å². The molecule has 5 heteroatoms. The lowest BCUT2D eigenvalue weighted by molar-refractivity contribution is 0.0452. The second-order valence-electron chi connectivity index (χ2n) is 4.33. The van der Waals surface area contributed by atoms with Crippen molar-refractivity contribution >= 4 is 0 Å². The number of nitrogens with one attached hydrogen (secondary N) is 1. The zero-order chi connectivity index (χ0) is 12.9. The summed E-state index contributed by atoms with van der Waals surface area (Å²) >= 11 is 0. The first kappa shape index (κ1) is 14.0. The van der Waals surface area contributed by atoms with Crippen molar-refractivity contribution in [3.63, 3.8) is 0 Å². The highest BCUT2D eigenvalue weighted by Crippen LogP contribution is 2.29. The van der Waals surface area contributed by atoms with E-state index in [9.17, 15) is 5.11 Å². The first-order valence-electron chi connectivity index (χ1n) is 6.10. The average molecular weight is 241 g/mol. The molecular formula is C12H23N3O2. The van der Waals surface area contributed by atoms with Gasteiger partial charge < -0.3 is 15.2 Å². The first-order chi connectivity index (χ1) is 8.06. The Hall–Kier alpha value is -1.07. The summed E-state index contributed by atoms with van der Waals surface area (Å²) in [7, 11) is 1.59. The predicted molar refractivity (Wildman–Crippen MR) is 67.2 cm³/mol. The molecular weight excluding hydrogens is 218 g/mol. The Morgan fingerprint density at radius 2 is 2.24 bits per heavy atom. The number of ether oxygens (including phenoxy) is 1. The van der Waals surface area contributed by atoms with E-state index in [0.29, 0.717) is 18.8 Å². The summed E-state index contributed by atoms with van der Waals surface area (Å²) in [5.41, 5.74) is -0.251. The maximum atomic E-state index is 10.5. The van der Waals surface area contributed by atoms with Crippen LogP contribution in [0.5, 0.6) is 5.75 Å². The zero-order valence-electron chi connectivity index (χ0n) is 11.2. The van der Waals surface area contributed by atoms with Crippen LogP contribution in [-0.4, -0.2) is 35.1 Å². The van der Waals surface area contributed by atoms with Gasteiger partial charge in [0, 0.05) is 13.1 Å². The fourth-order valence-corrected chi connectivity index (χ4v) is 1.89. The van der Waals surface area contributed by atoms with Gasteiger partial charge >= 0.3 is 0 Å². The van der Waals surface area contributed by atoms with Crippen LogP contribution in [0.25, 0.3) is 0 Å². The lowest BCUT2D eigenvalue weighted by Crippen LogP contribution is -2.38. The van der Waals surface area contributed by atoms with E-state index in [0.717, 1.165) is 18.7 Å². The van der Waals surface area contributed by atoms with Crippen LogP contribution in [0.1, 0.15) is 32.9 Å². The third-order valence-corrected chi connectivity index (χ3v) is 2.73. The molecule has 1 aromatic heterocycles. The standard InChI is InChI=1S/C12H23N3O2/c1-5-7-13-9-12(3,16)11-10(17-4)8-14-15(11)6-2/h8,13,16H,5-7,9H2,1-4H3. The topological polar surface area (TPSA) is 59.3 Å². The largest absolute Gasteiger partial charge is 0.493 e. The Kier molecular flexibility index (Phi) is 4.96. The van der Waals surface area contributed by atoms with Gasteiger partial charge in [0.05, 0.1) is 13.3 Å². The van der Waals surface area contributed by atoms with Gasteiger partial charge in [-0.05, 0) is 26.8 Å². The van der Waals surface area contributed by atoms with Crippen molar-refractivity contribution in [1.29, 1.82) is 0 Å². The molecule has 0 saturated carbocycles. The summed E-state index contributed by atoms with van der Waals surface area (Å²) in [6.07, 6.45) is 2.69. The maximum Gasteiger partial charge on any atom is 0.162 e. The molecule has 0 aliphatic carbocycles. The minimum Gasteiger partial charge on any atom is -0.493 e. The van der Waals surface area contributed by atoms with Crippen molar-refractivity contribution in [2.24, 2.45) is 0 Å². The second-order valence-corrected chi connectivity index (χ2v) is 4.33. The van der Waals surface area contributed by atoms with E-state index in [1.165, 1.54) is 0 Å². The minimum atomic E-state index is -0.979. The van der Waals surface area contributed by atoms with Crippen LogP contribution in [-0.2, 0) is 12.1 Å². The first-order valence-corrected chi connectivity index (χ1v) is 6.10. The number of methoxy groups -OCH3 is 1. The van der Waals surface area contributed by atoms with Gasteiger partial charge in [-0.1, -0.05) is 6.92 Å². The number of aliphatic hydroxyl groups is 1. The Labute approximate surface area is 103 Å². The van der Waals surface area contributed by atoms with E-state index in [1.807, 2.05) is 6.92 Å². The molecule has 5 nitrogen and oxygen atoms in total. The van der Waals surface area contributed by atoms with Crippen molar-refractivity contribution in [3.8, 4) is 5.75 Å². The third kappa shape index (κ3) is 3.20. The highest BCUT2D eigenvalue weighted by atomic mass is 16.5. The quantitative estimate of drug-likeness (QED) is 0.702. The minimum absolute atomic E-state index is 0.489. The number of aromatic nitrogens is 2. The molecule has 0 spiro atoms. The fraction of sp³-hybridized carbons (Fsp3) is 0.750. The molecule has 1 aromatic rings. The summed E-state index contributed by atoms with van der Waals surface area (Å²) in [6, 6.07) is 0. The average Bonchev–Trinajstić information content (AvgIpc) is 2.72. The summed E-state index contributed by atoms with van der Waals surface area (Å²) in [5.74, 6) is 0.634. The molecule has 1 rings (SSSR count). The van der Waals surface area contributed by atoms with Gasteiger partial charge in [-0.25, -0.2) is 0 Å². The van der Waals surface area contributed by atoms with E-state index in [-0.39, 0.29) is 0 Å². The molecule has 0 bridgehead atoms.